The van der Waals surface area contributed by atoms with Crippen molar-refractivity contribution in [2.75, 3.05) is 37.8 Å². The molecule has 0 spiro atoms. The molecule has 1 aliphatic rings. The van der Waals surface area contributed by atoms with E-state index in [0.29, 0.717) is 31.6 Å². The molecule has 1 heterocycles. The Kier molecular flexibility index (Phi) is 7.65. The first-order chi connectivity index (χ1) is 15.2. The quantitative estimate of drug-likeness (QED) is 0.665. The zero-order valence-corrected chi connectivity index (χ0v) is 19.4. The molecule has 0 unspecified atom stereocenters. The van der Waals surface area contributed by atoms with Crippen molar-refractivity contribution in [3.8, 4) is 0 Å². The van der Waals surface area contributed by atoms with Crippen molar-refractivity contribution in [3.05, 3.63) is 54.6 Å². The van der Waals surface area contributed by atoms with Crippen molar-refractivity contribution in [2.45, 2.75) is 30.7 Å². The SMILES string of the molecule is C[C@H](C(=O)Nc1cccc(S(=O)(=O)N(C)C)c1)N1CCC(C(=O)Nc2ccccc2)CC1. The number of nitrogens with zero attached hydrogens (tertiary/aromatic N) is 2. The fourth-order valence-electron chi connectivity index (χ4n) is 3.67. The van der Waals surface area contributed by atoms with E-state index in [-0.39, 0.29) is 22.6 Å². The molecule has 0 aliphatic carbocycles. The maximum Gasteiger partial charge on any atom is 0.242 e. The highest BCUT2D eigenvalue weighted by Gasteiger charge is 2.30. The highest BCUT2D eigenvalue weighted by molar-refractivity contribution is 7.89. The molecule has 2 aromatic rings. The van der Waals surface area contributed by atoms with E-state index in [1.807, 2.05) is 42.2 Å². The molecule has 32 heavy (non-hydrogen) atoms. The zero-order chi connectivity index (χ0) is 23.3. The van der Waals surface area contributed by atoms with Gasteiger partial charge in [-0.15, -0.1) is 0 Å². The average molecular weight is 459 g/mol. The summed E-state index contributed by atoms with van der Waals surface area (Å²) in [7, 11) is -0.650. The van der Waals surface area contributed by atoms with Crippen LogP contribution in [-0.2, 0) is 19.6 Å². The molecule has 8 nitrogen and oxygen atoms in total. The first-order valence-corrected chi connectivity index (χ1v) is 12.1. The molecule has 0 aromatic heterocycles. The summed E-state index contributed by atoms with van der Waals surface area (Å²) in [6.07, 6.45) is 1.35. The summed E-state index contributed by atoms with van der Waals surface area (Å²) in [5.74, 6) is -0.293. The summed E-state index contributed by atoms with van der Waals surface area (Å²) < 4.78 is 25.8. The number of piperidine rings is 1. The minimum atomic E-state index is -3.58. The zero-order valence-electron chi connectivity index (χ0n) is 18.6. The van der Waals surface area contributed by atoms with E-state index in [0.717, 1.165) is 9.99 Å². The minimum Gasteiger partial charge on any atom is -0.326 e. The van der Waals surface area contributed by atoms with Gasteiger partial charge in [-0.05, 0) is 63.2 Å². The number of hydrogen-bond donors (Lipinski definition) is 2. The summed E-state index contributed by atoms with van der Waals surface area (Å²) in [4.78, 5) is 27.5. The monoisotopic (exact) mass is 458 g/mol. The first-order valence-electron chi connectivity index (χ1n) is 10.6. The Hall–Kier alpha value is -2.75. The number of rotatable bonds is 7. The molecule has 172 valence electrons. The van der Waals surface area contributed by atoms with Crippen molar-refractivity contribution in [2.24, 2.45) is 5.92 Å². The Bertz CT molecular complexity index is 1050. The van der Waals surface area contributed by atoms with E-state index < -0.39 is 16.1 Å². The molecule has 1 aliphatic heterocycles. The highest BCUT2D eigenvalue weighted by Crippen LogP contribution is 2.22. The van der Waals surface area contributed by atoms with Crippen molar-refractivity contribution in [1.82, 2.24) is 9.21 Å². The molecule has 1 atom stereocenters. The number of anilines is 2. The molecule has 9 heteroatoms. The number of sulfonamides is 1. The molecule has 1 fully saturated rings. The van der Waals surface area contributed by atoms with Gasteiger partial charge >= 0.3 is 0 Å². The third-order valence-corrected chi connectivity index (χ3v) is 7.56. The third-order valence-electron chi connectivity index (χ3n) is 5.75. The van der Waals surface area contributed by atoms with Gasteiger partial charge in [0, 0.05) is 31.4 Å². The van der Waals surface area contributed by atoms with Crippen molar-refractivity contribution >= 4 is 33.2 Å². The lowest BCUT2D eigenvalue weighted by molar-refractivity contribution is -0.123. The Balaban J connectivity index is 1.55. The molecular weight excluding hydrogens is 428 g/mol. The van der Waals surface area contributed by atoms with Crippen LogP contribution in [0.2, 0.25) is 0 Å². The molecule has 0 saturated carbocycles. The second-order valence-electron chi connectivity index (χ2n) is 8.15. The van der Waals surface area contributed by atoms with Gasteiger partial charge in [0.2, 0.25) is 21.8 Å². The Morgan fingerprint density at radius 1 is 0.969 bits per heavy atom. The standard InChI is InChI=1S/C23H30N4O4S/c1-17(22(28)25-20-10-7-11-21(16-20)32(30,31)26(2)3)27-14-12-18(13-15-27)23(29)24-19-8-5-4-6-9-19/h4-11,16-18H,12-15H2,1-3H3,(H,24,29)(H,25,28)/t17-/m1/s1. The van der Waals surface area contributed by atoms with Crippen LogP contribution < -0.4 is 10.6 Å². The third kappa shape index (κ3) is 5.73. The number of amides is 2. The number of hydrogen-bond acceptors (Lipinski definition) is 5. The lowest BCUT2D eigenvalue weighted by Crippen LogP contribution is -2.47. The smallest absolute Gasteiger partial charge is 0.242 e. The van der Waals surface area contributed by atoms with Crippen molar-refractivity contribution in [3.63, 3.8) is 0 Å². The second kappa shape index (κ2) is 10.2. The van der Waals surface area contributed by atoms with Gasteiger partial charge in [0.25, 0.3) is 0 Å². The number of carbonyl (C=O) groups excluding carboxylic acids is 2. The fraction of sp³-hybridized carbons (Fsp3) is 0.391. The summed E-state index contributed by atoms with van der Waals surface area (Å²) in [6, 6.07) is 15.2. The number of para-hydroxylation sites is 1. The highest BCUT2D eigenvalue weighted by atomic mass is 32.2. The normalized spacial score (nSPS) is 16.5. The lowest BCUT2D eigenvalue weighted by atomic mass is 9.94. The maximum atomic E-state index is 12.8. The van der Waals surface area contributed by atoms with E-state index in [2.05, 4.69) is 10.6 Å². The molecule has 2 aromatic carbocycles. The van der Waals surface area contributed by atoms with Gasteiger partial charge in [-0.1, -0.05) is 24.3 Å². The number of carbonyl (C=O) groups is 2. The summed E-state index contributed by atoms with van der Waals surface area (Å²) in [5.41, 5.74) is 1.22. The number of nitrogens with one attached hydrogen (secondary N) is 2. The van der Waals surface area contributed by atoms with Crippen LogP contribution in [0.3, 0.4) is 0 Å². The predicted octanol–water partition coefficient (Wildman–Crippen LogP) is 2.61. The van der Waals surface area contributed by atoms with Gasteiger partial charge in [-0.25, -0.2) is 12.7 Å². The fourth-order valence-corrected chi connectivity index (χ4v) is 4.62. The Labute approximate surface area is 189 Å². The van der Waals surface area contributed by atoms with Gasteiger partial charge in [-0.3, -0.25) is 14.5 Å². The molecule has 0 bridgehead atoms. The van der Waals surface area contributed by atoms with Gasteiger partial charge < -0.3 is 10.6 Å². The van der Waals surface area contributed by atoms with Gasteiger partial charge in [-0.2, -0.15) is 0 Å². The van der Waals surface area contributed by atoms with Crippen LogP contribution in [0, 0.1) is 5.92 Å². The van der Waals surface area contributed by atoms with Crippen LogP contribution in [-0.4, -0.2) is 62.7 Å². The van der Waals surface area contributed by atoms with Crippen LogP contribution in [0.25, 0.3) is 0 Å². The average Bonchev–Trinajstić information content (AvgIpc) is 2.79. The van der Waals surface area contributed by atoms with E-state index in [1.165, 1.54) is 26.2 Å². The van der Waals surface area contributed by atoms with E-state index in [9.17, 15) is 18.0 Å². The van der Waals surface area contributed by atoms with E-state index in [4.69, 9.17) is 0 Å². The van der Waals surface area contributed by atoms with Crippen LogP contribution in [0.4, 0.5) is 11.4 Å². The van der Waals surface area contributed by atoms with E-state index in [1.54, 1.807) is 12.1 Å². The summed E-state index contributed by atoms with van der Waals surface area (Å²) in [5, 5.41) is 5.76. The molecule has 0 radical (unpaired) electrons. The van der Waals surface area contributed by atoms with Gasteiger partial charge in [0.05, 0.1) is 10.9 Å². The van der Waals surface area contributed by atoms with Crippen LogP contribution in [0.5, 0.6) is 0 Å². The van der Waals surface area contributed by atoms with E-state index >= 15 is 0 Å². The summed E-state index contributed by atoms with van der Waals surface area (Å²) >= 11 is 0. The van der Waals surface area contributed by atoms with Gasteiger partial charge in [0.1, 0.15) is 0 Å². The maximum absolute atomic E-state index is 12.8. The molecule has 2 amide bonds. The minimum absolute atomic E-state index is 0.00636. The topological polar surface area (TPSA) is 98.8 Å². The van der Waals surface area contributed by atoms with Crippen LogP contribution in [0.15, 0.2) is 59.5 Å². The lowest BCUT2D eigenvalue weighted by Gasteiger charge is -2.34. The molecule has 1 saturated heterocycles. The van der Waals surface area contributed by atoms with Crippen LogP contribution in [0.1, 0.15) is 19.8 Å². The molecular formula is C23H30N4O4S. The van der Waals surface area contributed by atoms with Crippen molar-refractivity contribution in [1.29, 1.82) is 0 Å². The number of benzene rings is 2. The van der Waals surface area contributed by atoms with Gasteiger partial charge in [0.15, 0.2) is 0 Å². The molecule has 2 N–H and O–H groups in total. The summed E-state index contributed by atoms with van der Waals surface area (Å²) in [6.45, 7) is 3.09. The Morgan fingerprint density at radius 3 is 2.22 bits per heavy atom. The predicted molar refractivity (Wildman–Crippen MR) is 125 cm³/mol. The second-order valence-corrected chi connectivity index (χ2v) is 10.3. The first kappa shape index (κ1) is 23.9. The number of likely N-dealkylation sites (tertiary alicyclic amines) is 1. The largest absolute Gasteiger partial charge is 0.326 e. The molecule has 3 rings (SSSR count). The van der Waals surface area contributed by atoms with Crippen molar-refractivity contribution < 1.29 is 18.0 Å². The van der Waals surface area contributed by atoms with Crippen LogP contribution >= 0.6 is 0 Å². The Morgan fingerprint density at radius 2 is 1.59 bits per heavy atom.